The first-order chi connectivity index (χ1) is 18.2. The highest BCUT2D eigenvalue weighted by Gasteiger charge is 2.27. The van der Waals surface area contributed by atoms with E-state index in [1.165, 1.54) is 29.5 Å². The molecule has 1 unspecified atom stereocenters. The van der Waals surface area contributed by atoms with Crippen LogP contribution in [0.4, 0.5) is 5.69 Å². The maximum absolute atomic E-state index is 13.4. The first-order valence-electron chi connectivity index (χ1n) is 12.4. The minimum Gasteiger partial charge on any atom is -0.379 e. The van der Waals surface area contributed by atoms with Gasteiger partial charge in [-0.25, -0.2) is 0 Å². The average molecular weight is 598 g/mol. The Labute approximate surface area is 238 Å². The van der Waals surface area contributed by atoms with E-state index in [0.717, 1.165) is 31.6 Å². The minimum absolute atomic E-state index is 0.0711. The third-order valence-electron chi connectivity index (χ3n) is 6.39. The number of hydrogen-bond acceptors (Lipinski definition) is 7. The van der Waals surface area contributed by atoms with Gasteiger partial charge >= 0.3 is 10.1 Å². The smallest absolute Gasteiger partial charge is 0.339 e. The van der Waals surface area contributed by atoms with Crippen molar-refractivity contribution in [2.45, 2.75) is 44.2 Å². The average Bonchev–Trinajstić information content (AvgIpc) is 3.61. The summed E-state index contributed by atoms with van der Waals surface area (Å²) in [6.07, 6.45) is 1.74. The minimum atomic E-state index is -4.24. The molecule has 0 radical (unpaired) electrons. The zero-order chi connectivity index (χ0) is 27.3. The summed E-state index contributed by atoms with van der Waals surface area (Å²) in [5.74, 6) is 0.0124. The summed E-state index contributed by atoms with van der Waals surface area (Å²) in [4.78, 5) is 17.7. The van der Waals surface area contributed by atoms with Gasteiger partial charge in [0.2, 0.25) is 0 Å². The molecule has 0 aliphatic carbocycles. The highest BCUT2D eigenvalue weighted by molar-refractivity contribution is 7.87. The Morgan fingerprint density at radius 2 is 1.89 bits per heavy atom. The molecule has 4 rings (SSSR count). The van der Waals surface area contributed by atoms with Gasteiger partial charge in [0.05, 0.1) is 21.0 Å². The van der Waals surface area contributed by atoms with Gasteiger partial charge in [0.25, 0.3) is 5.91 Å². The molecule has 0 saturated carbocycles. The van der Waals surface area contributed by atoms with Crippen LogP contribution in [0.1, 0.15) is 41.9 Å². The summed E-state index contributed by atoms with van der Waals surface area (Å²) in [5.41, 5.74) is 1.38. The third kappa shape index (κ3) is 6.82. The SMILES string of the molecule is CCN(CC)c1ccc(CN(CC2CCCO2)C(=O)c2cccs2)c(OS(=O)(=O)c2ccc(Cl)c(Cl)c2)c1. The van der Waals surface area contributed by atoms with Crippen LogP contribution in [0.5, 0.6) is 5.75 Å². The molecule has 2 heterocycles. The number of carbonyl (C=O) groups excluding carboxylic acids is 1. The molecule has 11 heteroatoms. The van der Waals surface area contributed by atoms with E-state index in [-0.39, 0.29) is 39.2 Å². The third-order valence-corrected chi connectivity index (χ3v) is 9.21. The van der Waals surface area contributed by atoms with Gasteiger partial charge in [-0.1, -0.05) is 35.3 Å². The van der Waals surface area contributed by atoms with Crippen molar-refractivity contribution in [1.29, 1.82) is 0 Å². The number of ether oxygens (including phenoxy) is 1. The molecule has 1 aromatic heterocycles. The fourth-order valence-electron chi connectivity index (χ4n) is 4.35. The van der Waals surface area contributed by atoms with Gasteiger partial charge in [0, 0.05) is 50.1 Å². The maximum atomic E-state index is 13.4. The molecule has 0 spiro atoms. The van der Waals surface area contributed by atoms with Crippen molar-refractivity contribution in [3.8, 4) is 5.75 Å². The van der Waals surface area contributed by atoms with Gasteiger partial charge in [0.1, 0.15) is 10.6 Å². The molecule has 1 amide bonds. The molecule has 7 nitrogen and oxygen atoms in total. The summed E-state index contributed by atoms with van der Waals surface area (Å²) in [5, 5.41) is 2.21. The number of amides is 1. The topological polar surface area (TPSA) is 76.2 Å². The fourth-order valence-corrected chi connectivity index (χ4v) is 6.39. The van der Waals surface area contributed by atoms with Crippen LogP contribution in [-0.4, -0.2) is 51.6 Å². The van der Waals surface area contributed by atoms with E-state index in [1.54, 1.807) is 17.0 Å². The highest BCUT2D eigenvalue weighted by atomic mass is 35.5. The van der Waals surface area contributed by atoms with Crippen LogP contribution in [0.25, 0.3) is 0 Å². The Morgan fingerprint density at radius 3 is 2.53 bits per heavy atom. The molecule has 0 N–H and O–H groups in total. The van der Waals surface area contributed by atoms with E-state index in [2.05, 4.69) is 4.90 Å². The fraction of sp³-hybridized carbons (Fsp3) is 0.370. The zero-order valence-corrected chi connectivity index (χ0v) is 24.4. The molecule has 3 aromatic rings. The molecule has 0 bridgehead atoms. The standard InChI is InChI=1S/C27H30Cl2N2O5S2/c1-3-30(4-2)20-10-9-19(25(15-20)36-38(33,34)22-11-12-23(28)24(29)16-22)17-31(18-21-7-5-13-35-21)27(32)26-8-6-14-37-26/h6,8-12,14-16,21H,3-5,7,13,17-18H2,1-2H3. The Balaban J connectivity index is 1.71. The lowest BCUT2D eigenvalue weighted by molar-refractivity contribution is 0.0510. The summed E-state index contributed by atoms with van der Waals surface area (Å²) in [6, 6.07) is 13.1. The van der Waals surface area contributed by atoms with Crippen LogP contribution >= 0.6 is 34.5 Å². The van der Waals surface area contributed by atoms with Crippen molar-refractivity contribution in [1.82, 2.24) is 4.90 Å². The Bertz CT molecular complexity index is 1360. The molecule has 2 aromatic carbocycles. The predicted molar refractivity (Wildman–Crippen MR) is 152 cm³/mol. The van der Waals surface area contributed by atoms with Crippen molar-refractivity contribution >= 4 is 56.3 Å². The van der Waals surface area contributed by atoms with Crippen LogP contribution < -0.4 is 9.08 Å². The number of thiophene rings is 1. The largest absolute Gasteiger partial charge is 0.379 e. The van der Waals surface area contributed by atoms with Crippen molar-refractivity contribution in [2.75, 3.05) is 31.1 Å². The number of nitrogens with zero attached hydrogens (tertiary/aromatic N) is 2. The first-order valence-corrected chi connectivity index (χ1v) is 15.5. The second kappa shape index (κ2) is 12.7. The van der Waals surface area contributed by atoms with E-state index in [9.17, 15) is 13.2 Å². The summed E-state index contributed by atoms with van der Waals surface area (Å²) < 4.78 is 38.1. The number of benzene rings is 2. The van der Waals surface area contributed by atoms with Gasteiger partial charge in [-0.2, -0.15) is 8.42 Å². The van der Waals surface area contributed by atoms with E-state index in [1.807, 2.05) is 37.4 Å². The van der Waals surface area contributed by atoms with Gasteiger partial charge in [-0.15, -0.1) is 11.3 Å². The van der Waals surface area contributed by atoms with Crippen molar-refractivity contribution in [3.63, 3.8) is 0 Å². The van der Waals surface area contributed by atoms with Crippen molar-refractivity contribution in [2.24, 2.45) is 0 Å². The number of anilines is 1. The number of halogens is 2. The van der Waals surface area contributed by atoms with Gasteiger partial charge in [-0.3, -0.25) is 4.79 Å². The molecule has 1 atom stereocenters. The van der Waals surface area contributed by atoms with Gasteiger partial charge in [-0.05, 0) is 62.4 Å². The number of hydrogen-bond donors (Lipinski definition) is 0. The van der Waals surface area contributed by atoms with Crippen LogP contribution in [0.3, 0.4) is 0 Å². The lowest BCUT2D eigenvalue weighted by Crippen LogP contribution is -2.36. The lowest BCUT2D eigenvalue weighted by atomic mass is 10.1. The molecular weight excluding hydrogens is 567 g/mol. The molecule has 1 saturated heterocycles. The maximum Gasteiger partial charge on any atom is 0.339 e. The molecular formula is C27H30Cl2N2O5S2. The lowest BCUT2D eigenvalue weighted by Gasteiger charge is -2.27. The molecule has 38 heavy (non-hydrogen) atoms. The van der Waals surface area contributed by atoms with Crippen LogP contribution in [0.2, 0.25) is 10.0 Å². The summed E-state index contributed by atoms with van der Waals surface area (Å²) in [6.45, 7) is 6.73. The quantitative estimate of drug-likeness (QED) is 0.235. The van der Waals surface area contributed by atoms with Crippen molar-refractivity contribution < 1.29 is 22.1 Å². The summed E-state index contributed by atoms with van der Waals surface area (Å²) in [7, 11) is -4.24. The predicted octanol–water partition coefficient (Wildman–Crippen LogP) is 6.49. The number of rotatable bonds is 11. The highest BCUT2D eigenvalue weighted by Crippen LogP contribution is 2.32. The van der Waals surface area contributed by atoms with Gasteiger partial charge < -0.3 is 18.7 Å². The normalized spacial score (nSPS) is 15.4. The van der Waals surface area contributed by atoms with Crippen LogP contribution in [-0.2, 0) is 21.4 Å². The van der Waals surface area contributed by atoms with E-state index < -0.39 is 10.1 Å². The van der Waals surface area contributed by atoms with Gasteiger partial charge in [0.15, 0.2) is 0 Å². The second-order valence-corrected chi connectivity index (χ2v) is 12.2. The monoisotopic (exact) mass is 596 g/mol. The van der Waals surface area contributed by atoms with E-state index in [0.29, 0.717) is 23.6 Å². The Hall–Kier alpha value is -2.30. The zero-order valence-electron chi connectivity index (χ0n) is 21.2. The molecule has 204 valence electrons. The first kappa shape index (κ1) is 28.7. The Kier molecular flexibility index (Phi) is 9.59. The summed E-state index contributed by atoms with van der Waals surface area (Å²) >= 11 is 13.4. The van der Waals surface area contributed by atoms with E-state index >= 15 is 0 Å². The van der Waals surface area contributed by atoms with Crippen molar-refractivity contribution in [3.05, 3.63) is 74.4 Å². The Morgan fingerprint density at radius 1 is 1.11 bits per heavy atom. The molecule has 1 aliphatic heterocycles. The molecule has 1 aliphatic rings. The van der Waals surface area contributed by atoms with Crippen LogP contribution in [0.15, 0.2) is 58.8 Å². The number of carbonyl (C=O) groups is 1. The second-order valence-electron chi connectivity index (χ2n) is 8.88. The van der Waals surface area contributed by atoms with Crippen LogP contribution in [0, 0.1) is 0 Å². The molecule has 1 fully saturated rings. The van der Waals surface area contributed by atoms with E-state index in [4.69, 9.17) is 32.1 Å².